The highest BCUT2D eigenvalue weighted by Gasteiger charge is 2.09. The molecule has 0 radical (unpaired) electrons. The second-order valence-electron chi connectivity index (χ2n) is 14.1. The van der Waals surface area contributed by atoms with Crippen molar-refractivity contribution in [2.24, 2.45) is 23.7 Å². The molecule has 240 valence electrons. The van der Waals surface area contributed by atoms with E-state index in [4.69, 9.17) is 0 Å². The molecule has 0 saturated carbocycles. The fourth-order valence-corrected chi connectivity index (χ4v) is 4.68. The van der Waals surface area contributed by atoms with Gasteiger partial charge in [-0.3, -0.25) is 0 Å². The van der Waals surface area contributed by atoms with Crippen molar-refractivity contribution in [1.82, 2.24) is 0 Å². The summed E-state index contributed by atoms with van der Waals surface area (Å²) in [6.07, 6.45) is 2.39. The van der Waals surface area contributed by atoms with Crippen LogP contribution >= 0.6 is 0 Å². The van der Waals surface area contributed by atoms with Crippen molar-refractivity contribution in [2.75, 3.05) is 0 Å². The normalized spacial score (nSPS) is 12.0. The number of aryl methyl sites for hydroxylation is 2. The first kappa shape index (κ1) is 38.9. The summed E-state index contributed by atoms with van der Waals surface area (Å²) in [4.78, 5) is 0. The van der Waals surface area contributed by atoms with Gasteiger partial charge < -0.3 is 0 Å². The molecule has 0 saturated heterocycles. The molecular formula is C44H64. The van der Waals surface area contributed by atoms with Gasteiger partial charge in [0, 0.05) is 0 Å². The Morgan fingerprint density at radius 1 is 0.364 bits per heavy atom. The molecular weight excluding hydrogens is 528 g/mol. The van der Waals surface area contributed by atoms with E-state index in [2.05, 4.69) is 192 Å². The van der Waals surface area contributed by atoms with Crippen LogP contribution in [0.25, 0.3) is 0 Å². The van der Waals surface area contributed by atoms with Crippen LogP contribution in [0.3, 0.4) is 0 Å². The molecule has 0 aliphatic heterocycles. The van der Waals surface area contributed by atoms with Crippen LogP contribution in [0.2, 0.25) is 0 Å². The Bertz CT molecular complexity index is 1210. The predicted octanol–water partition coefficient (Wildman–Crippen LogP) is 13.3. The molecule has 0 aliphatic carbocycles. The number of benzene rings is 4. The summed E-state index contributed by atoms with van der Waals surface area (Å²) >= 11 is 0. The highest BCUT2D eigenvalue weighted by atomic mass is 14.1. The van der Waals surface area contributed by atoms with E-state index in [0.29, 0.717) is 11.8 Å². The zero-order valence-electron chi connectivity index (χ0n) is 30.3. The molecule has 4 aromatic rings. The molecule has 4 aromatic carbocycles. The second-order valence-corrected chi connectivity index (χ2v) is 14.1. The standard InChI is InChI=1S/C12H18.2C11H16.C10H14/c1-9(2)11(4)12-7-5-10(3)6-8-12;1-9(2)8-11-6-4-10(3)5-7-11;1-9(2)10(3)11-7-5-4-6-8-11;1-9(2)8-10-6-4-3-5-7-10/h5-9,11H,1-4H3;4-7,9H,8H2,1-3H3;4-10H,1-3H3;3-7,9H,8H2,1-2H3. The number of hydrogen-bond donors (Lipinski definition) is 0. The molecule has 0 spiro atoms. The van der Waals surface area contributed by atoms with Gasteiger partial charge in [0.1, 0.15) is 0 Å². The molecule has 2 unspecified atom stereocenters. The monoisotopic (exact) mass is 593 g/mol. The van der Waals surface area contributed by atoms with Crippen LogP contribution in [-0.4, -0.2) is 0 Å². The molecule has 0 aromatic heterocycles. The van der Waals surface area contributed by atoms with Crippen molar-refractivity contribution >= 4 is 0 Å². The molecule has 0 heterocycles. The van der Waals surface area contributed by atoms with Gasteiger partial charge in [-0.25, -0.2) is 0 Å². The topological polar surface area (TPSA) is 0 Å². The van der Waals surface area contributed by atoms with Gasteiger partial charge in [-0.1, -0.05) is 190 Å². The molecule has 0 aliphatic rings. The Morgan fingerprint density at radius 2 is 0.682 bits per heavy atom. The minimum atomic E-state index is 0.672. The van der Waals surface area contributed by atoms with Crippen LogP contribution in [0.4, 0.5) is 0 Å². The van der Waals surface area contributed by atoms with E-state index in [1.165, 1.54) is 46.2 Å². The van der Waals surface area contributed by atoms with Gasteiger partial charge in [0.2, 0.25) is 0 Å². The maximum Gasteiger partial charge on any atom is -0.0167 e. The third kappa shape index (κ3) is 17.2. The van der Waals surface area contributed by atoms with Gasteiger partial charge in [-0.2, -0.15) is 0 Å². The van der Waals surface area contributed by atoms with Crippen LogP contribution in [0.5, 0.6) is 0 Å². The molecule has 2 atom stereocenters. The highest BCUT2D eigenvalue weighted by molar-refractivity contribution is 5.24. The maximum absolute atomic E-state index is 2.29. The minimum absolute atomic E-state index is 0.672. The van der Waals surface area contributed by atoms with Gasteiger partial charge in [0.15, 0.2) is 0 Å². The molecule has 0 bridgehead atoms. The molecule has 0 amide bonds. The molecule has 0 fully saturated rings. The van der Waals surface area contributed by atoms with Gasteiger partial charge >= 0.3 is 0 Å². The van der Waals surface area contributed by atoms with Crippen LogP contribution in [0.15, 0.2) is 109 Å². The van der Waals surface area contributed by atoms with E-state index in [9.17, 15) is 0 Å². The lowest BCUT2D eigenvalue weighted by atomic mass is 9.90. The summed E-state index contributed by atoms with van der Waals surface area (Å²) in [6, 6.07) is 38.9. The van der Waals surface area contributed by atoms with E-state index in [0.717, 1.165) is 23.7 Å². The van der Waals surface area contributed by atoms with Gasteiger partial charge in [-0.05, 0) is 84.5 Å². The van der Waals surface area contributed by atoms with E-state index >= 15 is 0 Å². The molecule has 0 nitrogen and oxygen atoms in total. The lowest BCUT2D eigenvalue weighted by Crippen LogP contribution is -2.01. The second kappa shape index (κ2) is 21.6. The molecule has 44 heavy (non-hydrogen) atoms. The SMILES string of the molecule is CC(C)C(C)c1ccccc1.CC(C)Cc1ccccc1.Cc1ccc(C(C)C(C)C)cc1.Cc1ccc(CC(C)C)cc1. The summed E-state index contributed by atoms with van der Waals surface area (Å²) in [5, 5.41) is 0. The van der Waals surface area contributed by atoms with Crippen LogP contribution in [-0.2, 0) is 12.8 Å². The number of hydrogen-bond acceptors (Lipinski definition) is 0. The Kier molecular flexibility index (Phi) is 19.1. The quantitative estimate of drug-likeness (QED) is 0.191. The smallest absolute Gasteiger partial charge is 0.0167 e. The van der Waals surface area contributed by atoms with Crippen molar-refractivity contribution in [1.29, 1.82) is 0 Å². The van der Waals surface area contributed by atoms with Crippen molar-refractivity contribution in [2.45, 2.75) is 108 Å². The molecule has 0 N–H and O–H groups in total. The minimum Gasteiger partial charge on any atom is -0.0625 e. The predicted molar refractivity (Wildman–Crippen MR) is 199 cm³/mol. The molecule has 0 heteroatoms. The summed E-state index contributed by atoms with van der Waals surface area (Å²) in [5.41, 5.74) is 8.48. The Hall–Kier alpha value is -3.12. The van der Waals surface area contributed by atoms with E-state index in [-0.39, 0.29) is 0 Å². The maximum atomic E-state index is 2.29. The Morgan fingerprint density at radius 3 is 1.05 bits per heavy atom. The van der Waals surface area contributed by atoms with Crippen LogP contribution < -0.4 is 0 Å². The van der Waals surface area contributed by atoms with Gasteiger partial charge in [0.25, 0.3) is 0 Å². The highest BCUT2D eigenvalue weighted by Crippen LogP contribution is 2.24. The summed E-state index contributed by atoms with van der Waals surface area (Å²) in [7, 11) is 0. The lowest BCUT2D eigenvalue weighted by Gasteiger charge is -2.15. The number of rotatable bonds is 8. The van der Waals surface area contributed by atoms with Crippen molar-refractivity contribution < 1.29 is 0 Å². The summed E-state index contributed by atoms with van der Waals surface area (Å²) in [6.45, 7) is 26.9. The average Bonchev–Trinajstić information content (AvgIpc) is 2.99. The van der Waals surface area contributed by atoms with Gasteiger partial charge in [-0.15, -0.1) is 0 Å². The van der Waals surface area contributed by atoms with E-state index in [1.807, 2.05) is 0 Å². The average molecular weight is 593 g/mol. The first-order valence-corrected chi connectivity index (χ1v) is 17.0. The Labute approximate surface area is 273 Å². The van der Waals surface area contributed by atoms with Crippen molar-refractivity contribution in [3.63, 3.8) is 0 Å². The first-order chi connectivity index (χ1) is 20.8. The summed E-state index contributed by atoms with van der Waals surface area (Å²) in [5.74, 6) is 4.34. The summed E-state index contributed by atoms with van der Waals surface area (Å²) < 4.78 is 0. The fourth-order valence-electron chi connectivity index (χ4n) is 4.68. The van der Waals surface area contributed by atoms with Crippen LogP contribution in [0.1, 0.15) is 114 Å². The van der Waals surface area contributed by atoms with E-state index in [1.54, 1.807) is 0 Å². The third-order valence-corrected chi connectivity index (χ3v) is 8.18. The fraction of sp³-hybridized carbons (Fsp3) is 0.455. The lowest BCUT2D eigenvalue weighted by molar-refractivity contribution is 0.535. The largest absolute Gasteiger partial charge is 0.0625 e. The van der Waals surface area contributed by atoms with Gasteiger partial charge in [0.05, 0.1) is 0 Å². The Balaban J connectivity index is 0.000000294. The van der Waals surface area contributed by atoms with Crippen molar-refractivity contribution in [3.8, 4) is 0 Å². The zero-order valence-corrected chi connectivity index (χ0v) is 30.3. The molecule has 4 rings (SSSR count). The third-order valence-electron chi connectivity index (χ3n) is 8.18. The van der Waals surface area contributed by atoms with E-state index < -0.39 is 0 Å². The first-order valence-electron chi connectivity index (χ1n) is 17.0. The van der Waals surface area contributed by atoms with Crippen LogP contribution in [0, 0.1) is 37.5 Å². The zero-order chi connectivity index (χ0) is 33.1. The van der Waals surface area contributed by atoms with Crippen molar-refractivity contribution in [3.05, 3.63) is 143 Å².